The van der Waals surface area contributed by atoms with Gasteiger partial charge in [0.05, 0.1) is 0 Å². The molecule has 0 saturated carbocycles. The highest BCUT2D eigenvalue weighted by atomic mass is 16.3. The van der Waals surface area contributed by atoms with Crippen LogP contribution in [-0.4, -0.2) is 11.9 Å². The van der Waals surface area contributed by atoms with Crippen molar-refractivity contribution in [3.8, 4) is 0 Å². The third kappa shape index (κ3) is 4.10. The normalized spacial score (nSPS) is 11.4. The van der Waals surface area contributed by atoms with Crippen LogP contribution < -0.4 is 16.8 Å². The van der Waals surface area contributed by atoms with Crippen molar-refractivity contribution in [2.24, 2.45) is 16.5 Å². The lowest BCUT2D eigenvalue weighted by molar-refractivity contribution is 0.0972. The van der Waals surface area contributed by atoms with Crippen molar-refractivity contribution in [2.45, 2.75) is 20.4 Å². The van der Waals surface area contributed by atoms with Crippen molar-refractivity contribution in [1.29, 1.82) is 0 Å². The third-order valence-electron chi connectivity index (χ3n) is 2.80. The van der Waals surface area contributed by atoms with Crippen molar-refractivity contribution in [2.75, 3.05) is 5.32 Å². The molecule has 0 aliphatic carbocycles. The largest absolute Gasteiger partial charge is 0.454 e. The Morgan fingerprint density at radius 2 is 1.86 bits per heavy atom. The predicted molar refractivity (Wildman–Crippen MR) is 82.1 cm³/mol. The minimum absolute atomic E-state index is 0.112. The molecular weight excluding hydrogens is 268 g/mol. The molecule has 0 spiro atoms. The van der Waals surface area contributed by atoms with E-state index in [4.69, 9.17) is 15.9 Å². The summed E-state index contributed by atoms with van der Waals surface area (Å²) < 4.78 is 5.22. The molecule has 2 rings (SSSR count). The van der Waals surface area contributed by atoms with Gasteiger partial charge in [-0.15, -0.1) is 0 Å². The Labute approximate surface area is 122 Å². The van der Waals surface area contributed by atoms with E-state index in [2.05, 4.69) is 16.4 Å². The second-order valence-corrected chi connectivity index (χ2v) is 4.83. The summed E-state index contributed by atoms with van der Waals surface area (Å²) in [6.07, 6.45) is 0. The summed E-state index contributed by atoms with van der Waals surface area (Å²) in [5.74, 6) is 0.304. The molecule has 5 N–H and O–H groups in total. The first-order chi connectivity index (χ1) is 9.94. The number of aliphatic imine (C=N–C) groups is 1. The monoisotopic (exact) mass is 286 g/mol. The zero-order valence-corrected chi connectivity index (χ0v) is 12.0. The lowest BCUT2D eigenvalue weighted by Crippen LogP contribution is -2.22. The fourth-order valence-electron chi connectivity index (χ4n) is 1.99. The second kappa shape index (κ2) is 6.13. The van der Waals surface area contributed by atoms with Gasteiger partial charge in [-0.1, -0.05) is 6.07 Å². The van der Waals surface area contributed by atoms with E-state index < -0.39 is 5.91 Å². The van der Waals surface area contributed by atoms with Crippen molar-refractivity contribution >= 4 is 17.6 Å². The van der Waals surface area contributed by atoms with E-state index in [0.717, 1.165) is 16.8 Å². The first kappa shape index (κ1) is 14.6. The van der Waals surface area contributed by atoms with E-state index in [-0.39, 0.29) is 18.3 Å². The number of hydrogen-bond acceptors (Lipinski definition) is 3. The minimum Gasteiger partial charge on any atom is -0.454 e. The number of aryl methyl sites for hydroxylation is 2. The molecule has 0 radical (unpaired) electrons. The summed E-state index contributed by atoms with van der Waals surface area (Å²) in [6.45, 7) is 4.26. The molecule has 110 valence electrons. The number of furan rings is 1. The Morgan fingerprint density at radius 3 is 2.43 bits per heavy atom. The van der Waals surface area contributed by atoms with Crippen LogP contribution in [0.25, 0.3) is 0 Å². The molecule has 0 atom stereocenters. The summed E-state index contributed by atoms with van der Waals surface area (Å²) in [7, 11) is 0. The number of anilines is 1. The maximum absolute atomic E-state index is 10.9. The number of amides is 1. The Balaban J connectivity index is 2.01. The van der Waals surface area contributed by atoms with Crippen LogP contribution in [0.15, 0.2) is 39.7 Å². The average molecular weight is 286 g/mol. The van der Waals surface area contributed by atoms with Gasteiger partial charge in [-0.05, 0) is 49.2 Å². The average Bonchev–Trinajstić information content (AvgIpc) is 2.84. The fraction of sp³-hybridized carbons (Fsp3) is 0.200. The summed E-state index contributed by atoms with van der Waals surface area (Å²) in [6, 6.07) is 9.20. The van der Waals surface area contributed by atoms with Crippen molar-refractivity contribution in [3.63, 3.8) is 0 Å². The molecule has 1 aromatic carbocycles. The van der Waals surface area contributed by atoms with Gasteiger partial charge >= 0.3 is 0 Å². The zero-order chi connectivity index (χ0) is 15.4. The van der Waals surface area contributed by atoms with Gasteiger partial charge < -0.3 is 21.2 Å². The molecule has 0 aliphatic heterocycles. The molecule has 0 saturated heterocycles. The molecule has 6 heteroatoms. The van der Waals surface area contributed by atoms with Gasteiger partial charge in [0, 0.05) is 5.69 Å². The number of carbonyl (C=O) groups is 1. The van der Waals surface area contributed by atoms with Crippen LogP contribution in [0.5, 0.6) is 0 Å². The highest BCUT2D eigenvalue weighted by Crippen LogP contribution is 2.13. The van der Waals surface area contributed by atoms with Crippen LogP contribution >= 0.6 is 0 Å². The first-order valence-electron chi connectivity index (χ1n) is 6.48. The maximum atomic E-state index is 10.9. The number of rotatable bonds is 4. The van der Waals surface area contributed by atoms with Crippen molar-refractivity contribution < 1.29 is 9.21 Å². The Bertz CT molecular complexity index is 668. The molecule has 1 amide bonds. The molecule has 0 bridgehead atoms. The number of carbonyl (C=O) groups excluding carboxylic acids is 1. The summed E-state index contributed by atoms with van der Waals surface area (Å²) >= 11 is 0. The van der Waals surface area contributed by atoms with E-state index in [9.17, 15) is 4.79 Å². The maximum Gasteiger partial charge on any atom is 0.284 e. The SMILES string of the molecule is Cc1cc(C)cc(NC(N)=NCc2ccc(C(N)=O)o2)c1. The Hall–Kier alpha value is -2.76. The Morgan fingerprint density at radius 1 is 1.19 bits per heavy atom. The van der Waals surface area contributed by atoms with Gasteiger partial charge in [-0.2, -0.15) is 0 Å². The molecule has 1 heterocycles. The van der Waals surface area contributed by atoms with Gasteiger partial charge in [-0.3, -0.25) is 4.79 Å². The minimum atomic E-state index is -0.605. The summed E-state index contributed by atoms with van der Waals surface area (Å²) in [4.78, 5) is 15.1. The lowest BCUT2D eigenvalue weighted by Gasteiger charge is -2.07. The number of hydrogen-bond donors (Lipinski definition) is 3. The molecular formula is C15H18N4O2. The first-order valence-corrected chi connectivity index (χ1v) is 6.48. The van der Waals surface area contributed by atoms with E-state index in [1.165, 1.54) is 6.07 Å². The summed E-state index contributed by atoms with van der Waals surface area (Å²) in [5, 5.41) is 3.02. The van der Waals surface area contributed by atoms with Crippen LogP contribution in [0.1, 0.15) is 27.4 Å². The van der Waals surface area contributed by atoms with Crippen molar-refractivity contribution in [3.05, 3.63) is 53.0 Å². The predicted octanol–water partition coefficient (Wildman–Crippen LogP) is 1.92. The number of primary amides is 1. The summed E-state index contributed by atoms with van der Waals surface area (Å²) in [5.41, 5.74) is 14.1. The van der Waals surface area contributed by atoms with E-state index in [1.807, 2.05) is 26.0 Å². The lowest BCUT2D eigenvalue weighted by atomic mass is 10.1. The van der Waals surface area contributed by atoms with Crippen LogP contribution in [-0.2, 0) is 6.54 Å². The molecule has 21 heavy (non-hydrogen) atoms. The molecule has 0 fully saturated rings. The number of nitrogens with one attached hydrogen (secondary N) is 1. The van der Waals surface area contributed by atoms with E-state index in [1.54, 1.807) is 6.07 Å². The number of nitrogens with zero attached hydrogens (tertiary/aromatic N) is 1. The van der Waals surface area contributed by atoms with Gasteiger partial charge in [0.15, 0.2) is 11.7 Å². The number of guanidine groups is 1. The number of nitrogens with two attached hydrogens (primary N) is 2. The van der Waals surface area contributed by atoms with Gasteiger partial charge in [0.25, 0.3) is 5.91 Å². The Kier molecular flexibility index (Phi) is 4.27. The van der Waals surface area contributed by atoms with Gasteiger partial charge in [0.2, 0.25) is 0 Å². The van der Waals surface area contributed by atoms with Crippen LogP contribution in [0.4, 0.5) is 5.69 Å². The smallest absolute Gasteiger partial charge is 0.284 e. The van der Waals surface area contributed by atoms with Crippen LogP contribution in [0.3, 0.4) is 0 Å². The quantitative estimate of drug-likeness (QED) is 0.589. The molecule has 6 nitrogen and oxygen atoms in total. The van der Waals surface area contributed by atoms with E-state index >= 15 is 0 Å². The highest BCUT2D eigenvalue weighted by Gasteiger charge is 2.06. The number of benzene rings is 1. The zero-order valence-electron chi connectivity index (χ0n) is 12.0. The topological polar surface area (TPSA) is 107 Å². The van der Waals surface area contributed by atoms with Crippen LogP contribution in [0.2, 0.25) is 0 Å². The molecule has 2 aromatic rings. The molecule has 1 aromatic heterocycles. The standard InChI is InChI=1S/C15H18N4O2/c1-9-5-10(2)7-11(6-9)19-15(17)18-8-12-3-4-13(21-12)14(16)20/h3-7H,8H2,1-2H3,(H2,16,20)(H3,17,18,19). The molecule has 0 aliphatic rings. The van der Waals surface area contributed by atoms with Crippen LogP contribution in [0, 0.1) is 13.8 Å². The second-order valence-electron chi connectivity index (χ2n) is 4.83. The van der Waals surface area contributed by atoms with Gasteiger partial charge in [0.1, 0.15) is 12.3 Å². The highest BCUT2D eigenvalue weighted by molar-refractivity contribution is 5.92. The van der Waals surface area contributed by atoms with Gasteiger partial charge in [-0.25, -0.2) is 4.99 Å². The molecule has 0 unspecified atom stereocenters. The van der Waals surface area contributed by atoms with E-state index in [0.29, 0.717) is 5.76 Å². The third-order valence-corrected chi connectivity index (χ3v) is 2.80. The van der Waals surface area contributed by atoms with Crippen molar-refractivity contribution in [1.82, 2.24) is 0 Å². The fourth-order valence-corrected chi connectivity index (χ4v) is 1.99.